The van der Waals surface area contributed by atoms with Crippen LogP contribution in [0, 0.1) is 28.6 Å². The molecule has 0 N–H and O–H groups in total. The predicted molar refractivity (Wildman–Crippen MR) is 50.8 cm³/mol. The molecule has 3 fully saturated rings. The Morgan fingerprint density at radius 1 is 1.00 bits per heavy atom. The minimum Gasteiger partial charge on any atom is -0.0617 e. The number of hydrogen-bond acceptors (Lipinski definition) is 0. The van der Waals surface area contributed by atoms with Crippen molar-refractivity contribution in [1.29, 1.82) is 0 Å². The van der Waals surface area contributed by atoms with Gasteiger partial charge in [0.25, 0.3) is 0 Å². The second-order valence-electron chi connectivity index (χ2n) is 5.81. The van der Waals surface area contributed by atoms with Gasteiger partial charge in [-0.1, -0.05) is 20.8 Å². The van der Waals surface area contributed by atoms with E-state index < -0.39 is 0 Å². The molecule has 4 unspecified atom stereocenters. The average Bonchev–Trinajstić information content (AvgIpc) is 2.18. The van der Waals surface area contributed by atoms with Gasteiger partial charge in [0.2, 0.25) is 0 Å². The van der Waals surface area contributed by atoms with Crippen LogP contribution in [0.3, 0.4) is 0 Å². The van der Waals surface area contributed by atoms with Gasteiger partial charge in [0.15, 0.2) is 0 Å². The second kappa shape index (κ2) is 1.76. The predicted octanol–water partition coefficient (Wildman–Crippen LogP) is 3.47. The Morgan fingerprint density at radius 2 is 1.67 bits per heavy atom. The van der Waals surface area contributed by atoms with E-state index in [1.807, 2.05) is 0 Å². The Labute approximate surface area is 75.7 Å². The first-order chi connectivity index (χ1) is 5.63. The maximum Gasteiger partial charge on any atom is -0.0184 e. The first-order valence-corrected chi connectivity index (χ1v) is 5.63. The van der Waals surface area contributed by atoms with Gasteiger partial charge in [0.05, 0.1) is 0 Å². The highest BCUT2D eigenvalue weighted by atomic mass is 14.8. The minimum absolute atomic E-state index is 0.759. The van der Waals surface area contributed by atoms with Crippen LogP contribution in [0.2, 0.25) is 0 Å². The molecule has 3 aliphatic carbocycles. The molecule has 0 radical (unpaired) electrons. The average molecular weight is 164 g/mol. The lowest BCUT2D eigenvalue weighted by molar-refractivity contribution is -0.229. The van der Waals surface area contributed by atoms with Gasteiger partial charge in [-0.2, -0.15) is 0 Å². The van der Waals surface area contributed by atoms with E-state index >= 15 is 0 Å². The van der Waals surface area contributed by atoms with Gasteiger partial charge in [0, 0.05) is 0 Å². The van der Waals surface area contributed by atoms with Crippen LogP contribution in [0.5, 0.6) is 0 Å². The maximum atomic E-state index is 2.57. The summed E-state index contributed by atoms with van der Waals surface area (Å²) >= 11 is 0. The van der Waals surface area contributed by atoms with Crippen molar-refractivity contribution in [2.45, 2.75) is 46.5 Å². The van der Waals surface area contributed by atoms with E-state index in [1.54, 1.807) is 19.3 Å². The Kier molecular flexibility index (Phi) is 1.09. The Hall–Kier alpha value is 0. The van der Waals surface area contributed by atoms with Crippen LogP contribution in [0.1, 0.15) is 46.5 Å². The van der Waals surface area contributed by atoms with Crippen LogP contribution in [0.4, 0.5) is 0 Å². The lowest BCUT2D eigenvalue weighted by Crippen LogP contribution is -2.65. The highest BCUT2D eigenvalue weighted by Gasteiger charge is 2.74. The zero-order chi connectivity index (χ0) is 8.56. The SMILES string of the molecule is CC1C(C)[C@@]2(C)CCC3CCC312. The Bertz CT molecular complexity index is 232. The third-order valence-corrected chi connectivity index (χ3v) is 6.28. The van der Waals surface area contributed by atoms with E-state index in [0.717, 1.165) is 28.6 Å². The molecule has 0 bridgehead atoms. The summed E-state index contributed by atoms with van der Waals surface area (Å²) in [5, 5.41) is 0. The van der Waals surface area contributed by atoms with E-state index in [2.05, 4.69) is 20.8 Å². The molecule has 68 valence electrons. The molecule has 0 heterocycles. The summed E-state index contributed by atoms with van der Waals surface area (Å²) < 4.78 is 0. The van der Waals surface area contributed by atoms with E-state index in [9.17, 15) is 0 Å². The van der Waals surface area contributed by atoms with Crippen molar-refractivity contribution in [1.82, 2.24) is 0 Å². The molecule has 3 rings (SSSR count). The fraction of sp³-hybridized carbons (Fsp3) is 1.00. The third kappa shape index (κ3) is 0.438. The summed E-state index contributed by atoms with van der Waals surface area (Å²) in [6.45, 7) is 7.55. The van der Waals surface area contributed by atoms with Gasteiger partial charge in [-0.05, 0) is 54.3 Å². The highest BCUT2D eigenvalue weighted by Crippen LogP contribution is 2.81. The van der Waals surface area contributed by atoms with E-state index in [1.165, 1.54) is 6.42 Å². The summed E-state index contributed by atoms with van der Waals surface area (Å²) in [6.07, 6.45) is 6.18. The zero-order valence-corrected chi connectivity index (χ0v) is 8.56. The molecule has 0 aromatic carbocycles. The smallest absolute Gasteiger partial charge is 0.0184 e. The summed E-state index contributed by atoms with van der Waals surface area (Å²) in [5.41, 5.74) is 1.60. The molecule has 3 saturated carbocycles. The standard InChI is InChI=1S/C12H20/c1-8-9(2)12-7-5-10(12)4-6-11(8,12)3/h8-10H,4-7H2,1-3H3/t8?,9?,10?,11-,12?/m1/s1. The van der Waals surface area contributed by atoms with Crippen molar-refractivity contribution in [3.63, 3.8) is 0 Å². The van der Waals surface area contributed by atoms with Crippen LogP contribution in [0.25, 0.3) is 0 Å². The molecule has 0 nitrogen and oxygen atoms in total. The molecule has 3 aliphatic rings. The molecular formula is C12H20. The summed E-state index contributed by atoms with van der Waals surface area (Å²) in [7, 11) is 0. The molecule has 0 saturated heterocycles. The molecule has 12 heavy (non-hydrogen) atoms. The van der Waals surface area contributed by atoms with Gasteiger partial charge in [-0.25, -0.2) is 0 Å². The number of hydrogen-bond donors (Lipinski definition) is 0. The van der Waals surface area contributed by atoms with Crippen molar-refractivity contribution < 1.29 is 0 Å². The van der Waals surface area contributed by atoms with Crippen LogP contribution in [0.15, 0.2) is 0 Å². The molecule has 0 heteroatoms. The van der Waals surface area contributed by atoms with Crippen LogP contribution < -0.4 is 0 Å². The molecule has 1 spiro atoms. The first-order valence-electron chi connectivity index (χ1n) is 5.63. The fourth-order valence-corrected chi connectivity index (χ4v) is 5.19. The first kappa shape index (κ1) is 7.41. The quantitative estimate of drug-likeness (QED) is 0.514. The monoisotopic (exact) mass is 164 g/mol. The number of rotatable bonds is 0. The summed E-state index contributed by atoms with van der Waals surface area (Å²) in [4.78, 5) is 0. The lowest BCUT2D eigenvalue weighted by Gasteiger charge is -2.71. The molecule has 0 amide bonds. The van der Waals surface area contributed by atoms with Gasteiger partial charge in [-0.15, -0.1) is 0 Å². The zero-order valence-electron chi connectivity index (χ0n) is 8.56. The van der Waals surface area contributed by atoms with Crippen molar-refractivity contribution in [2.75, 3.05) is 0 Å². The van der Waals surface area contributed by atoms with Crippen LogP contribution in [-0.2, 0) is 0 Å². The van der Waals surface area contributed by atoms with Crippen molar-refractivity contribution in [3.05, 3.63) is 0 Å². The van der Waals surface area contributed by atoms with Crippen molar-refractivity contribution >= 4 is 0 Å². The topological polar surface area (TPSA) is 0 Å². The second-order valence-corrected chi connectivity index (χ2v) is 5.81. The Morgan fingerprint density at radius 3 is 2.17 bits per heavy atom. The molecule has 0 aromatic rings. The van der Waals surface area contributed by atoms with Crippen LogP contribution in [-0.4, -0.2) is 0 Å². The minimum atomic E-state index is 0.759. The summed E-state index contributed by atoms with van der Waals surface area (Å²) in [6, 6.07) is 0. The van der Waals surface area contributed by atoms with Crippen molar-refractivity contribution in [3.8, 4) is 0 Å². The van der Waals surface area contributed by atoms with E-state index in [0.29, 0.717) is 0 Å². The van der Waals surface area contributed by atoms with Gasteiger partial charge in [0.1, 0.15) is 0 Å². The third-order valence-electron chi connectivity index (χ3n) is 6.28. The summed E-state index contributed by atoms with van der Waals surface area (Å²) in [5.74, 6) is 3.17. The molecule has 0 aliphatic heterocycles. The molecular weight excluding hydrogens is 144 g/mol. The normalized spacial score (nSPS) is 67.8. The van der Waals surface area contributed by atoms with E-state index in [-0.39, 0.29) is 0 Å². The van der Waals surface area contributed by atoms with E-state index in [4.69, 9.17) is 0 Å². The Balaban J connectivity index is 2.03. The van der Waals surface area contributed by atoms with Gasteiger partial charge in [-0.3, -0.25) is 0 Å². The largest absolute Gasteiger partial charge is 0.0617 e. The van der Waals surface area contributed by atoms with Gasteiger partial charge < -0.3 is 0 Å². The maximum absolute atomic E-state index is 2.57. The fourth-order valence-electron chi connectivity index (χ4n) is 5.19. The van der Waals surface area contributed by atoms with Crippen molar-refractivity contribution in [2.24, 2.45) is 28.6 Å². The molecule has 5 atom stereocenters. The molecule has 0 aromatic heterocycles. The van der Waals surface area contributed by atoms with Crippen LogP contribution >= 0.6 is 0 Å². The van der Waals surface area contributed by atoms with Gasteiger partial charge >= 0.3 is 0 Å². The highest BCUT2D eigenvalue weighted by molar-refractivity contribution is 5.22. The lowest BCUT2D eigenvalue weighted by atomic mass is 9.33.